The molecule has 0 aromatic heterocycles. The lowest BCUT2D eigenvalue weighted by molar-refractivity contribution is 0.404. The van der Waals surface area contributed by atoms with Gasteiger partial charge in [0, 0.05) is 0 Å². The van der Waals surface area contributed by atoms with Crippen LogP contribution in [0, 0.1) is 0 Å². The molecule has 0 rings (SSSR count). The molecular weight excluding hydrogens is 76.1 g/mol. The zero-order valence-electron chi connectivity index (χ0n) is 3.85. The largest absolute Gasteiger partial charge is 0.474 e. The number of hydrogen-bond donors (Lipinski definition) is 0. The van der Waals surface area contributed by atoms with Crippen LogP contribution in [0.2, 0.25) is 0 Å². The van der Waals surface area contributed by atoms with E-state index in [9.17, 15) is 0 Å². The summed E-state index contributed by atoms with van der Waals surface area (Å²) in [6, 6.07) is 0. The van der Waals surface area contributed by atoms with Crippen molar-refractivity contribution in [3.05, 3.63) is 25.2 Å². The molecule has 0 unspecified atom stereocenters. The number of ether oxygens (including phenoxy) is 1. The average molecular weight is 84.1 g/mol. The van der Waals surface area contributed by atoms with Crippen molar-refractivity contribution in [3.8, 4) is 0 Å². The van der Waals surface area contributed by atoms with Crippen LogP contribution >= 0.6 is 0 Å². The molecule has 0 atom stereocenters. The third-order valence-corrected chi connectivity index (χ3v) is 0.311. The lowest BCUT2D eigenvalue weighted by Gasteiger charge is -1.79. The molecule has 0 saturated carbocycles. The average Bonchev–Trinajstić information content (AvgIpc) is 1.61. The Kier molecular flexibility index (Phi) is 3.77. The predicted octanol–water partition coefficient (Wildman–Crippen LogP) is 1.68. The van der Waals surface area contributed by atoms with Crippen molar-refractivity contribution in [1.82, 2.24) is 0 Å². The number of allylic oxidation sites excluding steroid dienone is 1. The lowest BCUT2D eigenvalue weighted by atomic mass is 10.7. The molecule has 0 fully saturated rings. The van der Waals surface area contributed by atoms with Crippen LogP contribution in [0.15, 0.2) is 25.2 Å². The number of hydrogen-bond acceptors (Lipinski definition) is 1. The van der Waals surface area contributed by atoms with Crippen LogP contribution in [0.1, 0.15) is 6.92 Å². The summed E-state index contributed by atoms with van der Waals surface area (Å²) in [5.41, 5.74) is 0. The van der Waals surface area contributed by atoms with Gasteiger partial charge in [0.15, 0.2) is 0 Å². The fourth-order valence-electron chi connectivity index (χ4n) is 0.134. The van der Waals surface area contributed by atoms with Crippen molar-refractivity contribution in [3.63, 3.8) is 0 Å². The normalized spacial score (nSPS) is 8.83. The van der Waals surface area contributed by atoms with Gasteiger partial charge in [-0.3, -0.25) is 0 Å². The second-order valence-electron chi connectivity index (χ2n) is 0.772. The Hall–Kier alpha value is -0.720. The molecule has 1 nitrogen and oxygen atoms in total. The maximum Gasteiger partial charge on any atom is 0.0858 e. The highest BCUT2D eigenvalue weighted by Crippen LogP contribution is 1.72. The van der Waals surface area contributed by atoms with Gasteiger partial charge in [-0.25, -0.2) is 0 Å². The van der Waals surface area contributed by atoms with Crippen molar-refractivity contribution < 1.29 is 4.74 Å². The summed E-state index contributed by atoms with van der Waals surface area (Å²) >= 11 is 0. The summed E-state index contributed by atoms with van der Waals surface area (Å²) in [5, 5.41) is 0. The Balaban J connectivity index is 2.85. The maximum absolute atomic E-state index is 4.57. The zero-order valence-corrected chi connectivity index (χ0v) is 3.85. The van der Waals surface area contributed by atoms with Gasteiger partial charge in [-0.1, -0.05) is 12.7 Å². The predicted molar refractivity (Wildman–Crippen MR) is 26.1 cm³/mol. The summed E-state index contributed by atoms with van der Waals surface area (Å²) in [6.45, 7) is 5.20. The van der Waals surface area contributed by atoms with E-state index in [-0.39, 0.29) is 0 Å². The van der Waals surface area contributed by atoms with Crippen LogP contribution in [0.5, 0.6) is 0 Å². The van der Waals surface area contributed by atoms with E-state index in [0.29, 0.717) is 0 Å². The molecule has 0 aliphatic carbocycles. The van der Waals surface area contributed by atoms with E-state index in [1.54, 1.807) is 12.3 Å². The van der Waals surface area contributed by atoms with E-state index < -0.39 is 0 Å². The molecule has 1 heteroatoms. The van der Waals surface area contributed by atoms with Crippen molar-refractivity contribution in [2.24, 2.45) is 0 Å². The smallest absolute Gasteiger partial charge is 0.0858 e. The summed E-state index contributed by atoms with van der Waals surface area (Å²) in [5.74, 6) is 0. The molecular formula is C5H8O. The highest BCUT2D eigenvalue weighted by Gasteiger charge is 1.53. The summed E-state index contributed by atoms with van der Waals surface area (Å²) in [6.07, 6.45) is 4.73. The third kappa shape index (κ3) is 3.28. The molecule has 0 amide bonds. The molecule has 0 N–H and O–H groups in total. The first-order valence-electron chi connectivity index (χ1n) is 1.79. The first-order chi connectivity index (χ1) is 2.91. The SMILES string of the molecule is C=CO/C=C/C. The van der Waals surface area contributed by atoms with Crippen LogP contribution in [0.4, 0.5) is 0 Å². The first-order valence-corrected chi connectivity index (χ1v) is 1.79. The van der Waals surface area contributed by atoms with E-state index in [1.165, 1.54) is 6.26 Å². The van der Waals surface area contributed by atoms with Crippen molar-refractivity contribution in [2.75, 3.05) is 0 Å². The zero-order chi connectivity index (χ0) is 4.83. The van der Waals surface area contributed by atoms with Crippen molar-refractivity contribution in [2.45, 2.75) is 6.92 Å². The minimum atomic E-state index is 1.38. The van der Waals surface area contributed by atoms with Gasteiger partial charge in [0.25, 0.3) is 0 Å². The fraction of sp³-hybridized carbons (Fsp3) is 0.200. The molecule has 0 aliphatic heterocycles. The maximum atomic E-state index is 4.57. The van der Waals surface area contributed by atoms with Gasteiger partial charge in [0.2, 0.25) is 0 Å². The van der Waals surface area contributed by atoms with Crippen LogP contribution in [0.25, 0.3) is 0 Å². The Morgan fingerprint density at radius 2 is 2.33 bits per heavy atom. The minimum absolute atomic E-state index is 1.38. The van der Waals surface area contributed by atoms with E-state index in [4.69, 9.17) is 0 Å². The van der Waals surface area contributed by atoms with Crippen LogP contribution < -0.4 is 0 Å². The van der Waals surface area contributed by atoms with E-state index in [1.807, 2.05) is 6.92 Å². The van der Waals surface area contributed by atoms with Gasteiger partial charge in [-0.05, 0) is 6.92 Å². The summed E-state index contributed by atoms with van der Waals surface area (Å²) < 4.78 is 4.57. The highest BCUT2D eigenvalue weighted by molar-refractivity contribution is 4.68. The quantitative estimate of drug-likeness (QED) is 0.462. The molecule has 0 radical (unpaired) electrons. The second kappa shape index (κ2) is 4.28. The fourth-order valence-corrected chi connectivity index (χ4v) is 0.134. The van der Waals surface area contributed by atoms with Crippen molar-refractivity contribution in [1.29, 1.82) is 0 Å². The second-order valence-corrected chi connectivity index (χ2v) is 0.772. The molecule has 6 heavy (non-hydrogen) atoms. The van der Waals surface area contributed by atoms with Gasteiger partial charge < -0.3 is 4.74 Å². The van der Waals surface area contributed by atoms with Gasteiger partial charge in [-0.15, -0.1) is 0 Å². The molecule has 0 saturated heterocycles. The van der Waals surface area contributed by atoms with Crippen LogP contribution in [0.3, 0.4) is 0 Å². The molecule has 0 aliphatic rings. The van der Waals surface area contributed by atoms with E-state index in [2.05, 4.69) is 11.3 Å². The topological polar surface area (TPSA) is 9.23 Å². The lowest BCUT2D eigenvalue weighted by Crippen LogP contribution is -1.56. The Labute approximate surface area is 37.9 Å². The molecule has 0 aromatic carbocycles. The molecule has 0 aromatic rings. The third-order valence-electron chi connectivity index (χ3n) is 0.311. The Bertz CT molecular complexity index is 55.0. The monoisotopic (exact) mass is 84.1 g/mol. The molecule has 0 spiro atoms. The van der Waals surface area contributed by atoms with Gasteiger partial charge in [0.05, 0.1) is 12.5 Å². The van der Waals surface area contributed by atoms with Gasteiger partial charge >= 0.3 is 0 Å². The van der Waals surface area contributed by atoms with Crippen LogP contribution in [-0.2, 0) is 4.74 Å². The van der Waals surface area contributed by atoms with E-state index in [0.717, 1.165) is 0 Å². The summed E-state index contributed by atoms with van der Waals surface area (Å²) in [7, 11) is 0. The van der Waals surface area contributed by atoms with Gasteiger partial charge in [-0.2, -0.15) is 0 Å². The Morgan fingerprint density at radius 3 is 2.50 bits per heavy atom. The molecule has 0 bridgehead atoms. The molecule has 0 heterocycles. The van der Waals surface area contributed by atoms with E-state index >= 15 is 0 Å². The number of rotatable bonds is 2. The van der Waals surface area contributed by atoms with Gasteiger partial charge in [0.1, 0.15) is 0 Å². The first kappa shape index (κ1) is 5.28. The Morgan fingerprint density at radius 1 is 1.67 bits per heavy atom. The minimum Gasteiger partial charge on any atom is -0.474 e. The standard InChI is InChI=1S/C5H8O/c1-3-5-6-4-2/h3-5H,2H2,1H3/b5-3+. The van der Waals surface area contributed by atoms with Crippen LogP contribution in [-0.4, -0.2) is 0 Å². The van der Waals surface area contributed by atoms with Crippen molar-refractivity contribution >= 4 is 0 Å². The highest BCUT2D eigenvalue weighted by atomic mass is 16.5. The summed E-state index contributed by atoms with van der Waals surface area (Å²) in [4.78, 5) is 0. The molecule has 34 valence electrons.